The van der Waals surface area contributed by atoms with E-state index in [0.717, 1.165) is 0 Å². The van der Waals surface area contributed by atoms with Gasteiger partial charge in [0.15, 0.2) is 0 Å². The van der Waals surface area contributed by atoms with Crippen molar-refractivity contribution in [1.29, 1.82) is 0 Å². The molecule has 2 rings (SSSR count). The van der Waals surface area contributed by atoms with E-state index in [9.17, 15) is 0 Å². The van der Waals surface area contributed by atoms with Crippen LogP contribution in [0, 0.1) is 0 Å². The van der Waals surface area contributed by atoms with Crippen molar-refractivity contribution in [2.45, 2.75) is 6.92 Å². The molecular weight excluding hydrogens is 170 g/mol. The molecule has 14 heavy (non-hydrogen) atoms. The van der Waals surface area contributed by atoms with Crippen molar-refractivity contribution >= 4 is 17.0 Å². The van der Waals surface area contributed by atoms with E-state index in [1.165, 1.54) is 16.5 Å². The normalized spacial score (nSPS) is 12.1. The number of allylic oxidation sites excluding steroid dienone is 3. The van der Waals surface area contributed by atoms with Crippen molar-refractivity contribution in [3.8, 4) is 0 Å². The second kappa shape index (κ2) is 3.97. The van der Waals surface area contributed by atoms with Gasteiger partial charge in [-0.25, -0.2) is 0 Å². The van der Waals surface area contributed by atoms with E-state index in [1.54, 1.807) is 0 Å². The molecular formula is C13H13N. The first-order valence-electron chi connectivity index (χ1n) is 4.76. The number of aromatic amines is 1. The molecule has 0 aliphatic carbocycles. The van der Waals surface area contributed by atoms with E-state index in [0.29, 0.717) is 0 Å². The van der Waals surface area contributed by atoms with E-state index in [1.807, 2.05) is 31.3 Å². The van der Waals surface area contributed by atoms with Crippen LogP contribution in [-0.4, -0.2) is 4.98 Å². The molecule has 0 atom stereocenters. The van der Waals surface area contributed by atoms with Crippen molar-refractivity contribution in [2.75, 3.05) is 0 Å². The maximum Gasteiger partial charge on any atom is 0.0454 e. The predicted molar refractivity (Wildman–Crippen MR) is 62.1 cm³/mol. The minimum atomic E-state index is 1.19. The average molecular weight is 183 g/mol. The number of fused-ring (bicyclic) bond motifs is 1. The largest absolute Gasteiger partial charge is 0.361 e. The number of hydrogen-bond acceptors (Lipinski definition) is 0. The number of hydrogen-bond donors (Lipinski definition) is 1. The molecule has 1 heteroatoms. The van der Waals surface area contributed by atoms with Gasteiger partial charge in [0.2, 0.25) is 0 Å². The Labute approximate surface area is 83.8 Å². The highest BCUT2D eigenvalue weighted by Crippen LogP contribution is 2.15. The van der Waals surface area contributed by atoms with Gasteiger partial charge in [0, 0.05) is 11.7 Å². The van der Waals surface area contributed by atoms with Crippen molar-refractivity contribution in [3.63, 3.8) is 0 Å². The first-order valence-corrected chi connectivity index (χ1v) is 4.76. The summed E-state index contributed by atoms with van der Waals surface area (Å²) >= 11 is 0. The highest BCUT2D eigenvalue weighted by Gasteiger charge is 1.93. The lowest BCUT2D eigenvalue weighted by molar-refractivity contribution is 1.48. The van der Waals surface area contributed by atoms with Crippen molar-refractivity contribution < 1.29 is 0 Å². The third-order valence-electron chi connectivity index (χ3n) is 2.17. The predicted octanol–water partition coefficient (Wildman–Crippen LogP) is 3.76. The zero-order chi connectivity index (χ0) is 9.80. The van der Waals surface area contributed by atoms with Gasteiger partial charge in [-0.1, -0.05) is 30.4 Å². The fourth-order valence-electron chi connectivity index (χ4n) is 1.45. The number of benzene rings is 1. The van der Waals surface area contributed by atoms with Gasteiger partial charge in [-0.05, 0) is 36.1 Å². The smallest absolute Gasteiger partial charge is 0.0454 e. The number of H-pyrrole nitrogens is 1. The summed E-state index contributed by atoms with van der Waals surface area (Å²) in [5, 5.41) is 1.26. The molecule has 1 heterocycles. The molecule has 1 N–H and O–H groups in total. The molecule has 1 aromatic heterocycles. The summed E-state index contributed by atoms with van der Waals surface area (Å²) in [5.74, 6) is 0. The molecule has 0 spiro atoms. The summed E-state index contributed by atoms with van der Waals surface area (Å²) < 4.78 is 0. The second-order valence-corrected chi connectivity index (χ2v) is 3.21. The molecule has 70 valence electrons. The molecule has 0 amide bonds. The zero-order valence-corrected chi connectivity index (χ0v) is 8.20. The Balaban J connectivity index is 2.34. The molecule has 2 aromatic rings. The molecule has 0 bridgehead atoms. The fraction of sp³-hybridized carbons (Fsp3) is 0.0769. The first-order chi connectivity index (χ1) is 6.90. The summed E-state index contributed by atoms with van der Waals surface area (Å²) in [5.41, 5.74) is 2.42. The van der Waals surface area contributed by atoms with Crippen LogP contribution in [0.2, 0.25) is 0 Å². The Bertz CT molecular complexity index is 475. The fourth-order valence-corrected chi connectivity index (χ4v) is 1.45. The van der Waals surface area contributed by atoms with Crippen molar-refractivity contribution in [3.05, 3.63) is 54.3 Å². The van der Waals surface area contributed by atoms with Crippen LogP contribution in [0.25, 0.3) is 17.0 Å². The monoisotopic (exact) mass is 183 g/mol. The van der Waals surface area contributed by atoms with Crippen LogP contribution in [0.5, 0.6) is 0 Å². The summed E-state index contributed by atoms with van der Waals surface area (Å²) in [4.78, 5) is 3.18. The van der Waals surface area contributed by atoms with E-state index in [4.69, 9.17) is 0 Å². The van der Waals surface area contributed by atoms with E-state index in [-0.39, 0.29) is 0 Å². The van der Waals surface area contributed by atoms with Crippen LogP contribution < -0.4 is 0 Å². The van der Waals surface area contributed by atoms with Crippen LogP contribution in [0.3, 0.4) is 0 Å². The molecule has 0 saturated heterocycles. The lowest BCUT2D eigenvalue weighted by Crippen LogP contribution is -1.71. The summed E-state index contributed by atoms with van der Waals surface area (Å²) in [6, 6.07) is 8.47. The van der Waals surface area contributed by atoms with Gasteiger partial charge >= 0.3 is 0 Å². The number of rotatable bonds is 2. The lowest BCUT2D eigenvalue weighted by Gasteiger charge is -1.93. The second-order valence-electron chi connectivity index (χ2n) is 3.21. The molecule has 0 unspecified atom stereocenters. The summed E-state index contributed by atoms with van der Waals surface area (Å²) in [6.07, 6.45) is 10.2. The third kappa shape index (κ3) is 1.77. The Morgan fingerprint density at radius 3 is 2.93 bits per heavy atom. The molecule has 1 aromatic carbocycles. The Morgan fingerprint density at radius 1 is 1.14 bits per heavy atom. The van der Waals surface area contributed by atoms with E-state index < -0.39 is 0 Å². The number of nitrogens with one attached hydrogen (secondary N) is 1. The van der Waals surface area contributed by atoms with Gasteiger partial charge < -0.3 is 4.98 Å². The highest BCUT2D eigenvalue weighted by atomic mass is 14.7. The van der Waals surface area contributed by atoms with Crippen LogP contribution in [-0.2, 0) is 0 Å². The minimum Gasteiger partial charge on any atom is -0.361 e. The average Bonchev–Trinajstić information content (AvgIpc) is 2.65. The van der Waals surface area contributed by atoms with Gasteiger partial charge in [-0.3, -0.25) is 0 Å². The SMILES string of the molecule is C/C=C\C=C\c1ccc2[nH]ccc2c1. The van der Waals surface area contributed by atoms with Crippen LogP contribution >= 0.6 is 0 Å². The van der Waals surface area contributed by atoms with E-state index >= 15 is 0 Å². The molecule has 0 aliphatic rings. The standard InChI is InChI=1S/C13H13N/c1-2-3-4-5-11-6-7-13-12(10-11)8-9-14-13/h2-10,14H,1H3/b3-2-,5-4+. The maximum atomic E-state index is 3.18. The van der Waals surface area contributed by atoms with Gasteiger partial charge in [-0.15, -0.1) is 0 Å². The topological polar surface area (TPSA) is 15.8 Å². The Kier molecular flexibility index (Phi) is 2.50. The summed E-state index contributed by atoms with van der Waals surface area (Å²) in [6.45, 7) is 2.01. The van der Waals surface area contributed by atoms with Crippen LogP contribution in [0.4, 0.5) is 0 Å². The Hall–Kier alpha value is -1.76. The molecule has 1 nitrogen and oxygen atoms in total. The molecule has 0 aliphatic heterocycles. The quantitative estimate of drug-likeness (QED) is 0.682. The molecule has 0 fully saturated rings. The minimum absolute atomic E-state index is 1.19. The highest BCUT2D eigenvalue weighted by molar-refractivity contribution is 5.81. The van der Waals surface area contributed by atoms with Crippen LogP contribution in [0.15, 0.2) is 48.7 Å². The Morgan fingerprint density at radius 2 is 2.07 bits per heavy atom. The van der Waals surface area contributed by atoms with Gasteiger partial charge in [0.05, 0.1) is 0 Å². The lowest BCUT2D eigenvalue weighted by atomic mass is 10.1. The molecule has 0 radical (unpaired) electrons. The van der Waals surface area contributed by atoms with Gasteiger partial charge in [0.25, 0.3) is 0 Å². The third-order valence-corrected chi connectivity index (χ3v) is 2.17. The van der Waals surface area contributed by atoms with Crippen molar-refractivity contribution in [2.24, 2.45) is 0 Å². The van der Waals surface area contributed by atoms with Crippen LogP contribution in [0.1, 0.15) is 12.5 Å². The van der Waals surface area contributed by atoms with Gasteiger partial charge in [-0.2, -0.15) is 0 Å². The van der Waals surface area contributed by atoms with Gasteiger partial charge in [0.1, 0.15) is 0 Å². The molecule has 0 saturated carbocycles. The summed E-state index contributed by atoms with van der Waals surface area (Å²) in [7, 11) is 0. The van der Waals surface area contributed by atoms with E-state index in [2.05, 4.69) is 35.3 Å². The zero-order valence-electron chi connectivity index (χ0n) is 8.20. The maximum absolute atomic E-state index is 3.18. The number of aromatic nitrogens is 1. The van der Waals surface area contributed by atoms with Crippen molar-refractivity contribution in [1.82, 2.24) is 4.98 Å². The first kappa shape index (κ1) is 8.82.